The average molecular weight is 431 g/mol. The van der Waals surface area contributed by atoms with Crippen LogP contribution in [-0.4, -0.2) is 18.0 Å². The fourth-order valence-corrected chi connectivity index (χ4v) is 5.14. The Bertz CT molecular complexity index is 1200. The number of nitrogens with zero attached hydrogens (tertiary/aromatic N) is 1. The number of aryl methyl sites for hydroxylation is 1. The lowest BCUT2D eigenvalue weighted by atomic mass is 10.0. The number of hydrogen-bond donors (Lipinski definition) is 1. The lowest BCUT2D eigenvalue weighted by molar-refractivity contribution is 0.102. The Morgan fingerprint density at radius 3 is 2.57 bits per heavy atom. The van der Waals surface area contributed by atoms with Crippen molar-refractivity contribution in [3.63, 3.8) is 0 Å². The van der Waals surface area contributed by atoms with Crippen LogP contribution in [0.1, 0.15) is 22.8 Å². The van der Waals surface area contributed by atoms with Crippen LogP contribution in [-0.2, 0) is 6.42 Å². The summed E-state index contributed by atoms with van der Waals surface area (Å²) in [4.78, 5) is 17.1. The van der Waals surface area contributed by atoms with Gasteiger partial charge in [0.05, 0.1) is 27.5 Å². The normalized spacial score (nSPS) is 11.1. The molecule has 0 saturated carbocycles. The van der Waals surface area contributed by atoms with E-state index in [2.05, 4.69) is 23.3 Å². The summed E-state index contributed by atoms with van der Waals surface area (Å²) in [7, 11) is 1.64. The molecule has 0 radical (unpaired) electrons. The first-order valence-corrected chi connectivity index (χ1v) is 10.2. The van der Waals surface area contributed by atoms with E-state index in [0.717, 1.165) is 27.6 Å². The van der Waals surface area contributed by atoms with Gasteiger partial charge in [-0.25, -0.2) is 0 Å². The maximum atomic E-state index is 13.1. The maximum Gasteiger partial charge on any atom is 0.256 e. The molecule has 0 saturated heterocycles. The number of aromatic nitrogens is 1. The molecule has 0 aliphatic heterocycles. The Hall–Kier alpha value is -2.34. The van der Waals surface area contributed by atoms with Crippen LogP contribution in [0.2, 0.25) is 10.0 Å². The van der Waals surface area contributed by atoms with Crippen LogP contribution >= 0.6 is 34.5 Å². The van der Waals surface area contributed by atoms with Gasteiger partial charge in [-0.15, -0.1) is 11.3 Å². The minimum Gasteiger partial charge on any atom is -0.495 e. The SMILES string of the molecule is CCc1cccc2c1sc1c(OC)ccc(C(=O)Nc3c(Cl)cncc3Cl)c12. The van der Waals surface area contributed by atoms with Crippen LogP contribution in [0.15, 0.2) is 42.7 Å². The molecule has 4 aromatic rings. The Balaban J connectivity index is 1.93. The Morgan fingerprint density at radius 2 is 1.89 bits per heavy atom. The number of rotatable bonds is 4. The zero-order valence-corrected chi connectivity index (χ0v) is 17.5. The zero-order chi connectivity index (χ0) is 19.8. The minimum absolute atomic E-state index is 0.286. The van der Waals surface area contributed by atoms with Crippen molar-refractivity contribution >= 4 is 66.3 Å². The number of carbonyl (C=O) groups excluding carboxylic acids is 1. The maximum absolute atomic E-state index is 13.1. The monoisotopic (exact) mass is 430 g/mol. The van der Waals surface area contributed by atoms with Gasteiger partial charge in [-0.05, 0) is 24.1 Å². The number of benzene rings is 2. The molecule has 0 fully saturated rings. The second-order valence-electron chi connectivity index (χ2n) is 6.20. The van der Waals surface area contributed by atoms with E-state index in [4.69, 9.17) is 27.9 Å². The lowest BCUT2D eigenvalue weighted by Crippen LogP contribution is -2.13. The van der Waals surface area contributed by atoms with Crippen LogP contribution in [0.25, 0.3) is 20.2 Å². The van der Waals surface area contributed by atoms with Crippen LogP contribution in [0.5, 0.6) is 5.75 Å². The summed E-state index contributed by atoms with van der Waals surface area (Å²) < 4.78 is 7.66. The second kappa shape index (κ2) is 7.59. The van der Waals surface area contributed by atoms with Crippen LogP contribution in [0.4, 0.5) is 5.69 Å². The lowest BCUT2D eigenvalue weighted by Gasteiger charge is -2.11. The van der Waals surface area contributed by atoms with E-state index in [0.29, 0.717) is 11.3 Å². The van der Waals surface area contributed by atoms with Gasteiger partial charge in [0.25, 0.3) is 5.91 Å². The first kappa shape index (κ1) is 19.0. The fraction of sp³-hybridized carbons (Fsp3) is 0.143. The average Bonchev–Trinajstić information content (AvgIpc) is 3.09. The molecule has 0 aliphatic carbocycles. The number of fused-ring (bicyclic) bond motifs is 3. The Morgan fingerprint density at radius 1 is 1.14 bits per heavy atom. The number of anilines is 1. The smallest absolute Gasteiger partial charge is 0.256 e. The number of thiophene rings is 1. The first-order chi connectivity index (χ1) is 13.5. The van der Waals surface area contributed by atoms with Gasteiger partial charge in [-0.1, -0.05) is 48.3 Å². The van der Waals surface area contributed by atoms with E-state index in [1.165, 1.54) is 22.7 Å². The number of ether oxygens (including phenoxy) is 1. The van der Waals surface area contributed by atoms with E-state index in [1.54, 1.807) is 24.5 Å². The van der Waals surface area contributed by atoms with E-state index >= 15 is 0 Å². The predicted octanol–water partition coefficient (Wildman–Crippen LogP) is 6.58. The van der Waals surface area contributed by atoms with Gasteiger partial charge >= 0.3 is 0 Å². The molecular weight excluding hydrogens is 415 g/mol. The third-order valence-corrected chi connectivity index (χ3v) is 6.50. The van der Waals surface area contributed by atoms with Crippen molar-refractivity contribution < 1.29 is 9.53 Å². The predicted molar refractivity (Wildman–Crippen MR) is 117 cm³/mol. The molecule has 142 valence electrons. The number of pyridine rings is 1. The van der Waals surface area contributed by atoms with E-state index in [9.17, 15) is 4.79 Å². The van der Waals surface area contributed by atoms with Crippen LogP contribution in [0, 0.1) is 0 Å². The molecule has 1 N–H and O–H groups in total. The van der Waals surface area contributed by atoms with Crippen molar-refractivity contribution in [3.8, 4) is 5.75 Å². The van der Waals surface area contributed by atoms with Crippen molar-refractivity contribution in [1.29, 1.82) is 0 Å². The standard InChI is InChI=1S/C21H16Cl2N2O2S/c1-3-11-5-4-6-12-17-13(7-8-16(27-2)20(17)28-19(11)12)21(26)25-18-14(22)9-24-10-15(18)23/h4-10H,3H2,1-2H3,(H,24,25,26). The van der Waals surface area contributed by atoms with Gasteiger partial charge < -0.3 is 10.1 Å². The number of nitrogens with one attached hydrogen (secondary N) is 1. The van der Waals surface area contributed by atoms with E-state index in [1.807, 2.05) is 18.2 Å². The molecule has 4 nitrogen and oxygen atoms in total. The number of amides is 1. The van der Waals surface area contributed by atoms with Gasteiger partial charge in [-0.2, -0.15) is 0 Å². The largest absolute Gasteiger partial charge is 0.495 e. The summed E-state index contributed by atoms with van der Waals surface area (Å²) in [6.07, 6.45) is 3.80. The second-order valence-corrected chi connectivity index (χ2v) is 8.04. The molecule has 4 rings (SSSR count). The molecular formula is C21H16Cl2N2O2S. The topological polar surface area (TPSA) is 51.2 Å². The summed E-state index contributed by atoms with van der Waals surface area (Å²) in [5.41, 5.74) is 2.13. The molecule has 7 heteroatoms. The number of halogens is 2. The molecule has 1 amide bonds. The van der Waals surface area contributed by atoms with Gasteiger partial charge in [0.2, 0.25) is 0 Å². The summed E-state index contributed by atoms with van der Waals surface area (Å²) in [5, 5.41) is 5.31. The number of methoxy groups -OCH3 is 1. The highest BCUT2D eigenvalue weighted by atomic mass is 35.5. The van der Waals surface area contributed by atoms with Crippen LogP contribution in [0.3, 0.4) is 0 Å². The first-order valence-electron chi connectivity index (χ1n) is 8.66. The van der Waals surface area contributed by atoms with Gasteiger partial charge in [0.15, 0.2) is 0 Å². The molecule has 28 heavy (non-hydrogen) atoms. The highest BCUT2D eigenvalue weighted by molar-refractivity contribution is 7.26. The quantitative estimate of drug-likeness (QED) is 0.397. The summed E-state index contributed by atoms with van der Waals surface area (Å²) in [6.45, 7) is 2.12. The number of carbonyl (C=O) groups is 1. The number of hydrogen-bond acceptors (Lipinski definition) is 4. The summed E-state index contributed by atoms with van der Waals surface area (Å²) in [6, 6.07) is 9.75. The van der Waals surface area contributed by atoms with E-state index in [-0.39, 0.29) is 16.0 Å². The van der Waals surface area contributed by atoms with Crippen molar-refractivity contribution in [2.45, 2.75) is 13.3 Å². The van der Waals surface area contributed by atoms with Crippen molar-refractivity contribution in [1.82, 2.24) is 4.98 Å². The highest BCUT2D eigenvalue weighted by Crippen LogP contribution is 2.43. The van der Waals surface area contributed by atoms with Crippen molar-refractivity contribution in [2.24, 2.45) is 0 Å². The van der Waals surface area contributed by atoms with Gasteiger partial charge in [-0.3, -0.25) is 9.78 Å². The summed E-state index contributed by atoms with van der Waals surface area (Å²) in [5.74, 6) is 0.457. The van der Waals surface area contributed by atoms with E-state index < -0.39 is 0 Å². The zero-order valence-electron chi connectivity index (χ0n) is 15.2. The third kappa shape index (κ3) is 3.09. The Labute approximate surface area is 176 Å². The Kier molecular flexibility index (Phi) is 5.15. The molecule has 0 spiro atoms. The molecule has 0 unspecified atom stereocenters. The third-order valence-electron chi connectivity index (χ3n) is 4.63. The highest BCUT2D eigenvalue weighted by Gasteiger charge is 2.20. The molecule has 0 aliphatic rings. The van der Waals surface area contributed by atoms with Gasteiger partial charge in [0.1, 0.15) is 5.75 Å². The summed E-state index contributed by atoms with van der Waals surface area (Å²) >= 11 is 14.0. The van der Waals surface area contributed by atoms with Crippen LogP contribution < -0.4 is 10.1 Å². The molecule has 2 aromatic carbocycles. The molecule has 0 bridgehead atoms. The molecule has 0 atom stereocenters. The minimum atomic E-state index is -0.288. The molecule has 2 heterocycles. The van der Waals surface area contributed by atoms with Crippen molar-refractivity contribution in [3.05, 3.63) is 63.9 Å². The van der Waals surface area contributed by atoms with Gasteiger partial charge in [0, 0.05) is 33.4 Å². The fourth-order valence-electron chi connectivity index (χ4n) is 3.28. The van der Waals surface area contributed by atoms with Crippen molar-refractivity contribution in [2.75, 3.05) is 12.4 Å². The molecule has 2 aromatic heterocycles.